The minimum absolute atomic E-state index is 0.303. The number of terminal acetylenes is 1. The quantitative estimate of drug-likeness (QED) is 0.570. The smallest absolute Gasteiger partial charge is 0.231 e. The van der Waals surface area contributed by atoms with Gasteiger partial charge in [-0.1, -0.05) is 19.3 Å². The third kappa shape index (κ3) is 2.96. The van der Waals surface area contributed by atoms with Gasteiger partial charge in [-0.05, 0) is 36.1 Å². The summed E-state index contributed by atoms with van der Waals surface area (Å²) in [7, 11) is 0. The van der Waals surface area contributed by atoms with Gasteiger partial charge in [-0.15, -0.1) is 6.42 Å². The van der Waals surface area contributed by atoms with E-state index in [2.05, 4.69) is 18.9 Å². The molecule has 1 aromatic carbocycles. The monoisotopic (exact) mass is 246 g/mol. The van der Waals surface area contributed by atoms with Crippen LogP contribution in [-0.4, -0.2) is 13.4 Å². The first-order chi connectivity index (χ1) is 8.85. The van der Waals surface area contributed by atoms with Gasteiger partial charge in [-0.2, -0.15) is 0 Å². The molecule has 0 N–H and O–H groups in total. The fourth-order valence-corrected chi connectivity index (χ4v) is 1.98. The second-order valence-corrected chi connectivity index (χ2v) is 4.27. The van der Waals surface area contributed by atoms with Gasteiger partial charge in [-0.3, -0.25) is 0 Å². The summed E-state index contributed by atoms with van der Waals surface area (Å²) in [5, 5.41) is 0. The number of hydrogen-bond acceptors (Lipinski definition) is 3. The minimum Gasteiger partial charge on any atom is -0.454 e. The Bertz CT molecular complexity index is 446. The van der Waals surface area contributed by atoms with E-state index in [1.807, 2.05) is 6.07 Å². The lowest BCUT2D eigenvalue weighted by Gasteiger charge is -2.10. The number of fused-ring (bicyclic) bond motifs is 1. The standard InChI is InChI=1S/C15H18O3/c1-3-5-6-12-8-14-15(18-11-17-14)9-13(12)10-16-7-4-2/h2,8-9H,3,5-7,10-11H2,1H3. The van der Waals surface area contributed by atoms with E-state index in [1.54, 1.807) is 0 Å². The molecule has 0 amide bonds. The molecule has 3 nitrogen and oxygen atoms in total. The fraction of sp³-hybridized carbons (Fsp3) is 0.467. The molecular weight excluding hydrogens is 228 g/mol. The summed E-state index contributed by atoms with van der Waals surface area (Å²) < 4.78 is 16.2. The molecule has 0 unspecified atom stereocenters. The first-order valence-electron chi connectivity index (χ1n) is 6.27. The van der Waals surface area contributed by atoms with Crippen LogP contribution < -0.4 is 9.47 Å². The number of unbranched alkanes of at least 4 members (excludes halogenated alkanes) is 1. The van der Waals surface area contributed by atoms with E-state index < -0.39 is 0 Å². The Morgan fingerprint density at radius 2 is 2.00 bits per heavy atom. The number of aryl methyl sites for hydroxylation is 1. The summed E-state index contributed by atoms with van der Waals surface area (Å²) >= 11 is 0. The average molecular weight is 246 g/mol. The van der Waals surface area contributed by atoms with Gasteiger partial charge in [0.05, 0.1) is 6.61 Å². The van der Waals surface area contributed by atoms with Crippen molar-refractivity contribution in [1.29, 1.82) is 0 Å². The minimum atomic E-state index is 0.303. The molecule has 0 radical (unpaired) electrons. The van der Waals surface area contributed by atoms with Crippen LogP contribution in [0.4, 0.5) is 0 Å². The van der Waals surface area contributed by atoms with Gasteiger partial charge in [0.15, 0.2) is 11.5 Å². The summed E-state index contributed by atoms with van der Waals surface area (Å²) in [5.41, 5.74) is 2.40. The Morgan fingerprint density at radius 1 is 1.28 bits per heavy atom. The highest BCUT2D eigenvalue weighted by molar-refractivity contribution is 5.48. The van der Waals surface area contributed by atoms with Crippen molar-refractivity contribution in [1.82, 2.24) is 0 Å². The summed E-state index contributed by atoms with van der Waals surface area (Å²) in [4.78, 5) is 0. The third-order valence-electron chi connectivity index (χ3n) is 2.94. The Kier molecular flexibility index (Phi) is 4.49. The summed E-state index contributed by atoms with van der Waals surface area (Å²) in [6, 6.07) is 4.07. The van der Waals surface area contributed by atoms with Crippen LogP contribution in [0.1, 0.15) is 30.9 Å². The molecule has 1 aromatic rings. The topological polar surface area (TPSA) is 27.7 Å². The van der Waals surface area contributed by atoms with Crippen LogP contribution in [-0.2, 0) is 17.8 Å². The molecule has 0 fully saturated rings. The first-order valence-corrected chi connectivity index (χ1v) is 6.27. The lowest BCUT2D eigenvalue weighted by Crippen LogP contribution is -1.99. The number of ether oxygens (including phenoxy) is 3. The highest BCUT2D eigenvalue weighted by Gasteiger charge is 2.16. The van der Waals surface area contributed by atoms with Gasteiger partial charge in [-0.25, -0.2) is 0 Å². The molecule has 0 aromatic heterocycles. The number of rotatable bonds is 6. The Labute approximate surface area is 108 Å². The van der Waals surface area contributed by atoms with Crippen LogP contribution in [0.25, 0.3) is 0 Å². The van der Waals surface area contributed by atoms with Crippen LogP contribution >= 0.6 is 0 Å². The number of hydrogen-bond donors (Lipinski definition) is 0. The first kappa shape index (κ1) is 12.8. The van der Waals surface area contributed by atoms with Crippen LogP contribution in [0.2, 0.25) is 0 Å². The summed E-state index contributed by atoms with van der Waals surface area (Å²) in [6.07, 6.45) is 8.53. The second kappa shape index (κ2) is 6.32. The second-order valence-electron chi connectivity index (χ2n) is 4.27. The molecule has 1 aliphatic heterocycles. The van der Waals surface area contributed by atoms with Crippen LogP contribution in [0.15, 0.2) is 12.1 Å². The molecule has 96 valence electrons. The molecule has 0 spiro atoms. The van der Waals surface area contributed by atoms with Gasteiger partial charge >= 0.3 is 0 Å². The van der Waals surface area contributed by atoms with Crippen molar-refractivity contribution >= 4 is 0 Å². The average Bonchev–Trinajstić information content (AvgIpc) is 2.83. The van der Waals surface area contributed by atoms with Gasteiger partial charge in [0.1, 0.15) is 6.61 Å². The Hall–Kier alpha value is -1.66. The zero-order valence-corrected chi connectivity index (χ0v) is 10.7. The summed E-state index contributed by atoms with van der Waals surface area (Å²) in [6.45, 7) is 3.35. The van der Waals surface area contributed by atoms with Crippen LogP contribution in [0.3, 0.4) is 0 Å². The van der Waals surface area contributed by atoms with E-state index in [-0.39, 0.29) is 0 Å². The predicted molar refractivity (Wildman–Crippen MR) is 69.7 cm³/mol. The van der Waals surface area contributed by atoms with E-state index in [9.17, 15) is 0 Å². The molecule has 0 saturated carbocycles. The maximum atomic E-state index is 5.42. The van der Waals surface area contributed by atoms with Gasteiger partial charge < -0.3 is 14.2 Å². The fourth-order valence-electron chi connectivity index (χ4n) is 1.98. The van der Waals surface area contributed by atoms with Crippen LogP contribution in [0, 0.1) is 12.3 Å². The highest BCUT2D eigenvalue weighted by Crippen LogP contribution is 2.35. The van der Waals surface area contributed by atoms with E-state index in [0.29, 0.717) is 20.0 Å². The largest absolute Gasteiger partial charge is 0.454 e. The van der Waals surface area contributed by atoms with Crippen molar-refractivity contribution in [2.75, 3.05) is 13.4 Å². The molecule has 0 atom stereocenters. The van der Waals surface area contributed by atoms with Gasteiger partial charge in [0.25, 0.3) is 0 Å². The zero-order chi connectivity index (χ0) is 12.8. The van der Waals surface area contributed by atoms with E-state index in [0.717, 1.165) is 29.9 Å². The Balaban J connectivity index is 2.15. The van der Waals surface area contributed by atoms with Crippen molar-refractivity contribution in [2.24, 2.45) is 0 Å². The lowest BCUT2D eigenvalue weighted by atomic mass is 10.0. The zero-order valence-electron chi connectivity index (χ0n) is 10.7. The molecule has 3 heteroatoms. The molecule has 2 rings (SSSR count). The van der Waals surface area contributed by atoms with Crippen molar-refractivity contribution in [3.05, 3.63) is 23.3 Å². The van der Waals surface area contributed by atoms with Gasteiger partial charge in [0, 0.05) is 0 Å². The lowest BCUT2D eigenvalue weighted by molar-refractivity contribution is 0.152. The van der Waals surface area contributed by atoms with Gasteiger partial charge in [0.2, 0.25) is 6.79 Å². The number of benzene rings is 1. The normalized spacial score (nSPS) is 12.4. The summed E-state index contributed by atoms with van der Waals surface area (Å²) in [5.74, 6) is 4.11. The van der Waals surface area contributed by atoms with Crippen molar-refractivity contribution in [3.63, 3.8) is 0 Å². The molecule has 0 saturated heterocycles. The van der Waals surface area contributed by atoms with Crippen molar-refractivity contribution in [3.8, 4) is 23.8 Å². The molecule has 1 aliphatic rings. The molecule has 0 bridgehead atoms. The van der Waals surface area contributed by atoms with Crippen molar-refractivity contribution < 1.29 is 14.2 Å². The maximum Gasteiger partial charge on any atom is 0.231 e. The van der Waals surface area contributed by atoms with Crippen molar-refractivity contribution in [2.45, 2.75) is 32.8 Å². The maximum absolute atomic E-state index is 5.42. The predicted octanol–water partition coefficient (Wildman–Crippen LogP) is 2.91. The molecule has 1 heterocycles. The van der Waals surface area contributed by atoms with E-state index in [1.165, 1.54) is 12.0 Å². The Morgan fingerprint density at radius 3 is 2.67 bits per heavy atom. The third-order valence-corrected chi connectivity index (χ3v) is 2.94. The molecule has 0 aliphatic carbocycles. The molecular formula is C15H18O3. The highest BCUT2D eigenvalue weighted by atomic mass is 16.7. The van der Waals surface area contributed by atoms with E-state index >= 15 is 0 Å². The van der Waals surface area contributed by atoms with E-state index in [4.69, 9.17) is 20.6 Å². The SMILES string of the molecule is C#CCOCc1cc2c(cc1CCCC)OCO2. The van der Waals surface area contributed by atoms with Crippen LogP contribution in [0.5, 0.6) is 11.5 Å². The molecule has 18 heavy (non-hydrogen) atoms.